The number of benzene rings is 5. The minimum atomic E-state index is -0.385. The summed E-state index contributed by atoms with van der Waals surface area (Å²) in [6, 6.07) is 32.0. The third-order valence-corrected chi connectivity index (χ3v) is 13.3. The number of rotatable bonds is 10. The van der Waals surface area contributed by atoms with Crippen LogP contribution in [0.5, 0.6) is 5.75 Å². The van der Waals surface area contributed by atoms with Crippen molar-refractivity contribution in [3.8, 4) is 16.9 Å². The summed E-state index contributed by atoms with van der Waals surface area (Å²) in [7, 11) is 1.73. The van der Waals surface area contributed by atoms with Crippen molar-refractivity contribution in [3.63, 3.8) is 0 Å². The standard InChI is InChI=1S/C45H49NO2S2/c1-8-45(9-2)39-13-11-10-12-36(39)42-38-29-41(50-7)40(49-6)28-37(38)30(3)35(43(42)45)22-23-44(4,32-16-20-34(47-5)21-17-32)31-14-18-33(19-15-31)46-24-26-48-27-25-46/h10-23,28-29H,8-9,24-27H2,1-7H3/b23-22-. The molecule has 0 spiro atoms. The number of nitrogens with zero attached hydrogens (tertiary/aromatic N) is 1. The van der Waals surface area contributed by atoms with E-state index in [4.69, 9.17) is 9.47 Å². The molecule has 0 bridgehead atoms. The molecule has 1 saturated heterocycles. The molecular formula is C45H49NO2S2. The van der Waals surface area contributed by atoms with Gasteiger partial charge in [0.05, 0.1) is 20.3 Å². The molecule has 0 N–H and O–H groups in total. The van der Waals surface area contributed by atoms with Crippen LogP contribution in [0.15, 0.2) is 101 Å². The third-order valence-electron chi connectivity index (χ3n) is 11.6. The molecule has 7 rings (SSSR count). The molecule has 5 heteroatoms. The van der Waals surface area contributed by atoms with Crippen LogP contribution < -0.4 is 9.64 Å². The SMILES string of the molecule is CCC1(CC)c2ccccc2-c2c1c(/C=C\C(C)(c1ccc(OC)cc1)c1ccc(N3CCOCC3)cc1)c(C)c1cc(SC)c(SC)cc21. The zero-order valence-electron chi connectivity index (χ0n) is 30.6. The Hall–Kier alpha value is -3.64. The number of allylic oxidation sites excluding steroid dienone is 1. The van der Waals surface area contributed by atoms with Gasteiger partial charge in [-0.15, -0.1) is 23.5 Å². The summed E-state index contributed by atoms with van der Waals surface area (Å²) in [6.07, 6.45) is 11.4. The fourth-order valence-corrected chi connectivity index (χ4v) is 10.1. The van der Waals surface area contributed by atoms with Crippen molar-refractivity contribution in [2.75, 3.05) is 50.8 Å². The lowest BCUT2D eigenvalue weighted by Crippen LogP contribution is -2.36. The van der Waals surface area contributed by atoms with Gasteiger partial charge >= 0.3 is 0 Å². The number of fused-ring (bicyclic) bond motifs is 5. The second-order valence-electron chi connectivity index (χ2n) is 13.8. The van der Waals surface area contributed by atoms with Gasteiger partial charge in [0.15, 0.2) is 0 Å². The first kappa shape index (κ1) is 34.8. The van der Waals surface area contributed by atoms with Crippen LogP contribution in [0.1, 0.15) is 67.0 Å². The Labute approximate surface area is 307 Å². The van der Waals surface area contributed by atoms with Gasteiger partial charge in [0, 0.05) is 39.4 Å². The van der Waals surface area contributed by atoms with Gasteiger partial charge in [-0.25, -0.2) is 0 Å². The molecule has 1 aliphatic carbocycles. The molecule has 0 saturated carbocycles. The van der Waals surface area contributed by atoms with Crippen LogP contribution in [0, 0.1) is 6.92 Å². The first-order chi connectivity index (χ1) is 24.3. The fraction of sp³-hybridized carbons (Fsp3) is 0.333. The predicted molar refractivity (Wildman–Crippen MR) is 217 cm³/mol. The largest absolute Gasteiger partial charge is 0.497 e. The topological polar surface area (TPSA) is 21.7 Å². The van der Waals surface area contributed by atoms with Crippen molar-refractivity contribution < 1.29 is 9.47 Å². The molecule has 1 fully saturated rings. The highest BCUT2D eigenvalue weighted by Gasteiger charge is 2.43. The molecule has 5 aromatic rings. The van der Waals surface area contributed by atoms with E-state index in [1.165, 1.54) is 70.8 Å². The molecule has 1 unspecified atom stereocenters. The maximum Gasteiger partial charge on any atom is 0.118 e. The maximum atomic E-state index is 5.63. The Morgan fingerprint density at radius 2 is 1.44 bits per heavy atom. The van der Waals surface area contributed by atoms with Crippen molar-refractivity contribution in [2.45, 2.75) is 61.2 Å². The van der Waals surface area contributed by atoms with Gasteiger partial charge in [0.25, 0.3) is 0 Å². The number of morpholine rings is 1. The summed E-state index contributed by atoms with van der Waals surface area (Å²) in [5.41, 5.74) is 11.8. The van der Waals surface area contributed by atoms with Crippen LogP contribution in [0.4, 0.5) is 5.69 Å². The molecule has 258 valence electrons. The molecule has 50 heavy (non-hydrogen) atoms. The number of anilines is 1. The van der Waals surface area contributed by atoms with Gasteiger partial charge in [-0.1, -0.05) is 74.5 Å². The average molecular weight is 700 g/mol. The summed E-state index contributed by atoms with van der Waals surface area (Å²) >= 11 is 3.70. The smallest absolute Gasteiger partial charge is 0.118 e. The van der Waals surface area contributed by atoms with Gasteiger partial charge in [-0.05, 0) is 131 Å². The molecule has 0 aromatic heterocycles. The zero-order valence-corrected chi connectivity index (χ0v) is 32.2. The number of thioether (sulfide) groups is 2. The van der Waals surface area contributed by atoms with Crippen molar-refractivity contribution in [1.29, 1.82) is 0 Å². The summed E-state index contributed by atoms with van der Waals surface area (Å²) in [6.45, 7) is 12.9. The van der Waals surface area contributed by atoms with E-state index in [1.807, 2.05) is 23.5 Å². The molecule has 1 atom stereocenters. The van der Waals surface area contributed by atoms with Crippen molar-refractivity contribution in [2.24, 2.45) is 0 Å². The second-order valence-corrected chi connectivity index (χ2v) is 15.5. The van der Waals surface area contributed by atoms with E-state index >= 15 is 0 Å². The fourth-order valence-electron chi connectivity index (χ4n) is 8.61. The number of hydrogen-bond donors (Lipinski definition) is 0. The van der Waals surface area contributed by atoms with Crippen LogP contribution in [-0.2, 0) is 15.6 Å². The normalized spacial score (nSPS) is 16.4. The van der Waals surface area contributed by atoms with Crippen LogP contribution in [0.2, 0.25) is 0 Å². The Morgan fingerprint density at radius 1 is 0.840 bits per heavy atom. The lowest BCUT2D eigenvalue weighted by molar-refractivity contribution is 0.122. The average Bonchev–Trinajstić information content (AvgIpc) is 3.48. The number of hydrogen-bond acceptors (Lipinski definition) is 5. The third kappa shape index (κ3) is 5.66. The Kier molecular flexibility index (Phi) is 9.86. The Bertz CT molecular complexity index is 2040. The Morgan fingerprint density at radius 3 is 2.04 bits per heavy atom. The quantitative estimate of drug-likeness (QED) is 0.135. The predicted octanol–water partition coefficient (Wildman–Crippen LogP) is 11.5. The Balaban J connectivity index is 1.47. The maximum absolute atomic E-state index is 5.63. The van der Waals surface area contributed by atoms with Gasteiger partial charge < -0.3 is 14.4 Å². The molecular weight excluding hydrogens is 651 g/mol. The van der Waals surface area contributed by atoms with Crippen LogP contribution in [0.3, 0.4) is 0 Å². The second kappa shape index (κ2) is 14.2. The van der Waals surface area contributed by atoms with Crippen molar-refractivity contribution >= 4 is 46.1 Å². The highest BCUT2D eigenvalue weighted by Crippen LogP contribution is 2.58. The van der Waals surface area contributed by atoms with Gasteiger partial charge in [0.1, 0.15) is 5.75 Å². The molecule has 0 amide bonds. The van der Waals surface area contributed by atoms with Crippen LogP contribution in [-0.4, -0.2) is 45.9 Å². The van der Waals surface area contributed by atoms with E-state index in [2.05, 4.69) is 142 Å². The lowest BCUT2D eigenvalue weighted by Gasteiger charge is -2.33. The lowest BCUT2D eigenvalue weighted by atomic mass is 9.70. The molecule has 3 nitrogen and oxygen atoms in total. The minimum Gasteiger partial charge on any atom is -0.497 e. The van der Waals surface area contributed by atoms with Crippen molar-refractivity contribution in [3.05, 3.63) is 124 Å². The van der Waals surface area contributed by atoms with E-state index in [0.29, 0.717) is 0 Å². The molecule has 5 aromatic carbocycles. The highest BCUT2D eigenvalue weighted by molar-refractivity contribution is 8.01. The zero-order chi connectivity index (χ0) is 35.0. The van der Waals surface area contributed by atoms with E-state index in [0.717, 1.165) is 44.9 Å². The number of aryl methyl sites for hydroxylation is 1. The summed E-state index contributed by atoms with van der Waals surface area (Å²) in [4.78, 5) is 5.12. The number of ether oxygens (including phenoxy) is 2. The van der Waals surface area contributed by atoms with E-state index in [1.54, 1.807) is 7.11 Å². The first-order valence-corrected chi connectivity index (χ1v) is 20.4. The molecule has 0 radical (unpaired) electrons. The van der Waals surface area contributed by atoms with E-state index in [-0.39, 0.29) is 10.8 Å². The summed E-state index contributed by atoms with van der Waals surface area (Å²) in [5.74, 6) is 0.869. The van der Waals surface area contributed by atoms with Gasteiger partial charge in [-0.3, -0.25) is 0 Å². The van der Waals surface area contributed by atoms with Crippen LogP contribution >= 0.6 is 23.5 Å². The first-order valence-electron chi connectivity index (χ1n) is 17.9. The molecule has 1 aliphatic heterocycles. The number of methoxy groups -OCH3 is 1. The molecule has 1 heterocycles. The minimum absolute atomic E-state index is 0.0570. The van der Waals surface area contributed by atoms with E-state index < -0.39 is 0 Å². The highest BCUT2D eigenvalue weighted by atomic mass is 32.2. The monoisotopic (exact) mass is 699 g/mol. The summed E-state index contributed by atoms with van der Waals surface area (Å²) in [5, 5.41) is 2.73. The molecule has 2 aliphatic rings. The van der Waals surface area contributed by atoms with Gasteiger partial charge in [0.2, 0.25) is 0 Å². The van der Waals surface area contributed by atoms with Crippen molar-refractivity contribution in [1.82, 2.24) is 0 Å². The van der Waals surface area contributed by atoms with Gasteiger partial charge in [-0.2, -0.15) is 0 Å². The van der Waals surface area contributed by atoms with Crippen LogP contribution in [0.25, 0.3) is 28.0 Å². The summed E-state index contributed by atoms with van der Waals surface area (Å²) < 4.78 is 11.2. The van der Waals surface area contributed by atoms with E-state index in [9.17, 15) is 0 Å².